The van der Waals surface area contributed by atoms with E-state index in [-0.39, 0.29) is 17.4 Å². The van der Waals surface area contributed by atoms with Crippen LogP contribution in [0.3, 0.4) is 0 Å². The fraction of sp³-hybridized carbons (Fsp3) is 0.600. The second-order valence-corrected chi connectivity index (χ2v) is 7.54. The van der Waals surface area contributed by atoms with Crippen molar-refractivity contribution < 1.29 is 18.0 Å². The van der Waals surface area contributed by atoms with Gasteiger partial charge in [0.05, 0.1) is 5.56 Å². The summed E-state index contributed by atoms with van der Waals surface area (Å²) in [5, 5.41) is 9.11. The topological polar surface area (TPSA) is 65.5 Å². The van der Waals surface area contributed by atoms with Crippen LogP contribution in [0.15, 0.2) is 29.3 Å². The van der Waals surface area contributed by atoms with Crippen LogP contribution in [0, 0.1) is 0 Å². The maximum absolute atomic E-state index is 13.1. The van der Waals surface area contributed by atoms with Crippen LogP contribution in [0.4, 0.5) is 13.2 Å². The standard InChI is InChI=1S/C20H29F3N4O/c1-14(2)27-17(28)8-11-25-18(24-3)26-13-19(9-5-10-19)15-6-4-7-16(12-15)20(21,22)23/h4,6-7,12,14H,5,8-11,13H2,1-3H3,(H,27,28)(H2,24,25,26). The Kier molecular flexibility index (Phi) is 7.32. The first-order valence-corrected chi connectivity index (χ1v) is 9.58. The van der Waals surface area contributed by atoms with Crippen molar-refractivity contribution in [1.82, 2.24) is 16.0 Å². The Hall–Kier alpha value is -2.25. The van der Waals surface area contributed by atoms with Crippen molar-refractivity contribution in [1.29, 1.82) is 0 Å². The molecule has 0 atom stereocenters. The van der Waals surface area contributed by atoms with E-state index in [2.05, 4.69) is 20.9 Å². The molecule has 1 amide bonds. The smallest absolute Gasteiger partial charge is 0.356 e. The van der Waals surface area contributed by atoms with Gasteiger partial charge in [-0.25, -0.2) is 0 Å². The van der Waals surface area contributed by atoms with Crippen LogP contribution >= 0.6 is 0 Å². The number of alkyl halides is 3. The molecule has 2 rings (SSSR count). The van der Waals surface area contributed by atoms with Gasteiger partial charge in [0.25, 0.3) is 0 Å². The highest BCUT2D eigenvalue weighted by Gasteiger charge is 2.40. The quantitative estimate of drug-likeness (QED) is 0.488. The maximum Gasteiger partial charge on any atom is 0.416 e. The van der Waals surface area contributed by atoms with Crippen molar-refractivity contribution in [3.63, 3.8) is 0 Å². The zero-order valence-corrected chi connectivity index (χ0v) is 16.6. The third kappa shape index (κ3) is 5.87. The lowest BCUT2D eigenvalue weighted by atomic mass is 9.64. The van der Waals surface area contributed by atoms with E-state index in [4.69, 9.17) is 0 Å². The summed E-state index contributed by atoms with van der Waals surface area (Å²) < 4.78 is 39.2. The van der Waals surface area contributed by atoms with Gasteiger partial charge >= 0.3 is 6.18 Å². The number of rotatable bonds is 7. The molecule has 8 heteroatoms. The molecule has 156 valence electrons. The van der Waals surface area contributed by atoms with Crippen molar-refractivity contribution in [2.24, 2.45) is 4.99 Å². The number of hydrogen-bond acceptors (Lipinski definition) is 2. The molecule has 1 aliphatic rings. The van der Waals surface area contributed by atoms with Crippen LogP contribution in [0.5, 0.6) is 0 Å². The van der Waals surface area contributed by atoms with Crippen LogP contribution in [0.25, 0.3) is 0 Å². The van der Waals surface area contributed by atoms with E-state index in [0.29, 0.717) is 31.0 Å². The van der Waals surface area contributed by atoms with Crippen molar-refractivity contribution in [2.45, 2.75) is 57.2 Å². The van der Waals surface area contributed by atoms with E-state index in [1.165, 1.54) is 12.1 Å². The predicted octanol–water partition coefficient (Wildman–Crippen LogP) is 3.21. The van der Waals surface area contributed by atoms with Crippen LogP contribution in [-0.2, 0) is 16.4 Å². The third-order valence-electron chi connectivity index (χ3n) is 5.02. The summed E-state index contributed by atoms with van der Waals surface area (Å²) in [5.41, 5.74) is -0.240. The van der Waals surface area contributed by atoms with Crippen molar-refractivity contribution in [3.05, 3.63) is 35.4 Å². The van der Waals surface area contributed by atoms with Gasteiger partial charge in [-0.2, -0.15) is 13.2 Å². The van der Waals surface area contributed by atoms with Gasteiger partial charge in [-0.1, -0.05) is 24.6 Å². The normalized spacial score (nSPS) is 16.5. The summed E-state index contributed by atoms with van der Waals surface area (Å²) in [7, 11) is 1.63. The molecule has 0 unspecified atom stereocenters. The molecule has 1 aromatic carbocycles. The molecule has 3 N–H and O–H groups in total. The second-order valence-electron chi connectivity index (χ2n) is 7.54. The van der Waals surface area contributed by atoms with E-state index in [9.17, 15) is 18.0 Å². The van der Waals surface area contributed by atoms with Gasteiger partial charge in [0, 0.05) is 38.0 Å². The number of halogens is 3. The number of benzene rings is 1. The number of nitrogens with zero attached hydrogens (tertiary/aromatic N) is 1. The predicted molar refractivity (Wildman–Crippen MR) is 104 cm³/mol. The fourth-order valence-corrected chi connectivity index (χ4v) is 3.36. The minimum atomic E-state index is -4.34. The lowest BCUT2D eigenvalue weighted by Gasteiger charge is -2.43. The monoisotopic (exact) mass is 398 g/mol. The molecule has 1 aliphatic carbocycles. The molecule has 1 aromatic rings. The van der Waals surface area contributed by atoms with Crippen molar-refractivity contribution >= 4 is 11.9 Å². The Morgan fingerprint density at radius 2 is 1.96 bits per heavy atom. The fourth-order valence-electron chi connectivity index (χ4n) is 3.36. The van der Waals surface area contributed by atoms with Crippen molar-refractivity contribution in [3.8, 4) is 0 Å². The highest BCUT2D eigenvalue weighted by Crippen LogP contribution is 2.44. The molecular weight excluding hydrogens is 369 g/mol. The summed E-state index contributed by atoms with van der Waals surface area (Å²) in [5.74, 6) is 0.493. The first kappa shape index (κ1) is 22.0. The van der Waals surface area contributed by atoms with Gasteiger partial charge in [0.15, 0.2) is 5.96 Å². The Bertz CT molecular complexity index is 697. The molecule has 0 spiro atoms. The molecular formula is C20H29F3N4O. The van der Waals surface area contributed by atoms with Crippen LogP contribution in [-0.4, -0.2) is 38.0 Å². The first-order chi connectivity index (χ1) is 13.2. The van der Waals surface area contributed by atoms with E-state index in [1.807, 2.05) is 13.8 Å². The molecule has 0 radical (unpaired) electrons. The second kappa shape index (κ2) is 9.30. The molecule has 1 saturated carbocycles. The largest absolute Gasteiger partial charge is 0.416 e. The SMILES string of the molecule is CN=C(NCCC(=O)NC(C)C)NCC1(c2cccc(C(F)(F)F)c2)CCC1. The van der Waals surface area contributed by atoms with Gasteiger partial charge in [-0.3, -0.25) is 9.79 Å². The van der Waals surface area contributed by atoms with Gasteiger partial charge < -0.3 is 16.0 Å². The Morgan fingerprint density at radius 1 is 1.25 bits per heavy atom. The Morgan fingerprint density at radius 3 is 2.50 bits per heavy atom. The summed E-state index contributed by atoms with van der Waals surface area (Å²) in [6, 6.07) is 5.69. The van der Waals surface area contributed by atoms with E-state index >= 15 is 0 Å². The van der Waals surface area contributed by atoms with E-state index in [1.54, 1.807) is 13.1 Å². The highest BCUT2D eigenvalue weighted by molar-refractivity contribution is 5.81. The summed E-state index contributed by atoms with van der Waals surface area (Å²) in [6.07, 6.45) is -1.39. The Labute approximate surface area is 164 Å². The number of amides is 1. The Balaban J connectivity index is 1.94. The van der Waals surface area contributed by atoms with Gasteiger partial charge in [0.1, 0.15) is 0 Å². The maximum atomic E-state index is 13.1. The molecule has 0 heterocycles. The van der Waals surface area contributed by atoms with E-state index in [0.717, 1.165) is 25.3 Å². The van der Waals surface area contributed by atoms with Gasteiger partial charge in [-0.15, -0.1) is 0 Å². The molecule has 0 saturated heterocycles. The van der Waals surface area contributed by atoms with E-state index < -0.39 is 11.7 Å². The number of aliphatic imine (C=N–C) groups is 1. The number of nitrogens with one attached hydrogen (secondary N) is 3. The lowest BCUT2D eigenvalue weighted by molar-refractivity contribution is -0.137. The van der Waals surface area contributed by atoms with Crippen LogP contribution in [0.2, 0.25) is 0 Å². The first-order valence-electron chi connectivity index (χ1n) is 9.58. The number of hydrogen-bond donors (Lipinski definition) is 3. The summed E-state index contributed by atoms with van der Waals surface area (Å²) in [6.45, 7) is 4.72. The molecule has 0 aliphatic heterocycles. The zero-order valence-electron chi connectivity index (χ0n) is 16.6. The summed E-state index contributed by atoms with van der Waals surface area (Å²) >= 11 is 0. The van der Waals surface area contributed by atoms with Gasteiger partial charge in [0.2, 0.25) is 5.91 Å². The number of carbonyl (C=O) groups excluding carboxylic acids is 1. The van der Waals surface area contributed by atoms with Crippen LogP contribution in [0.1, 0.15) is 50.7 Å². The molecule has 1 fully saturated rings. The van der Waals surface area contributed by atoms with Crippen molar-refractivity contribution in [2.75, 3.05) is 20.1 Å². The molecule has 28 heavy (non-hydrogen) atoms. The van der Waals surface area contributed by atoms with Crippen LogP contribution < -0.4 is 16.0 Å². The minimum absolute atomic E-state index is 0.0441. The minimum Gasteiger partial charge on any atom is -0.356 e. The van der Waals surface area contributed by atoms with Gasteiger partial charge in [-0.05, 0) is 38.3 Å². The zero-order chi connectivity index (χ0) is 20.8. The average Bonchev–Trinajstić information content (AvgIpc) is 2.58. The summed E-state index contributed by atoms with van der Waals surface area (Å²) in [4.78, 5) is 15.8. The molecule has 5 nitrogen and oxygen atoms in total. The number of guanidine groups is 1. The average molecular weight is 398 g/mol. The molecule has 0 bridgehead atoms. The number of carbonyl (C=O) groups is 1. The lowest BCUT2D eigenvalue weighted by Crippen LogP contribution is -2.49. The highest BCUT2D eigenvalue weighted by atomic mass is 19.4. The third-order valence-corrected chi connectivity index (χ3v) is 5.02. The molecule has 0 aromatic heterocycles.